The maximum absolute atomic E-state index is 13.1. The summed E-state index contributed by atoms with van der Waals surface area (Å²) >= 11 is 0. The molecule has 6 atom stereocenters. The molecule has 6 nitrogen and oxygen atoms in total. The van der Waals surface area contributed by atoms with Gasteiger partial charge in [0.15, 0.2) is 0 Å². The van der Waals surface area contributed by atoms with Crippen LogP contribution < -0.4 is 20.9 Å². The van der Waals surface area contributed by atoms with E-state index in [0.717, 1.165) is 36.4 Å². The summed E-state index contributed by atoms with van der Waals surface area (Å²) in [5.41, 5.74) is 12.0. The summed E-state index contributed by atoms with van der Waals surface area (Å²) in [6, 6.07) is 16.1. The van der Waals surface area contributed by atoms with E-state index in [1.54, 1.807) is 7.11 Å². The van der Waals surface area contributed by atoms with Gasteiger partial charge in [-0.2, -0.15) is 0 Å². The van der Waals surface area contributed by atoms with Crippen LogP contribution in [-0.4, -0.2) is 37.0 Å². The number of amides is 1. The highest BCUT2D eigenvalue weighted by atomic mass is 16.5. The van der Waals surface area contributed by atoms with E-state index in [9.17, 15) is 4.79 Å². The van der Waals surface area contributed by atoms with Crippen molar-refractivity contribution in [3.63, 3.8) is 0 Å². The SMILES string of the molecule is COc1ccc2c(c1)[C@]1(CC1C1CCC3C(C1)NNC3c1cccc(CN3CCCCC3)c1)C(=O)N2. The van der Waals surface area contributed by atoms with Crippen LogP contribution in [0.2, 0.25) is 0 Å². The zero-order valence-electron chi connectivity index (χ0n) is 21.3. The van der Waals surface area contributed by atoms with E-state index >= 15 is 0 Å². The summed E-state index contributed by atoms with van der Waals surface area (Å²) in [6.07, 6.45) is 8.56. The molecule has 6 heteroatoms. The van der Waals surface area contributed by atoms with Crippen molar-refractivity contribution in [3.8, 4) is 5.75 Å². The van der Waals surface area contributed by atoms with Gasteiger partial charge in [-0.1, -0.05) is 30.7 Å². The fourth-order valence-corrected chi connectivity index (χ4v) is 7.96. The minimum atomic E-state index is -0.338. The number of nitrogens with zero attached hydrogens (tertiary/aromatic N) is 1. The number of ether oxygens (including phenoxy) is 1. The highest BCUT2D eigenvalue weighted by Crippen LogP contribution is 2.65. The van der Waals surface area contributed by atoms with Crippen molar-refractivity contribution < 1.29 is 9.53 Å². The summed E-state index contributed by atoms with van der Waals surface area (Å²) in [5.74, 6) is 2.64. The molecule has 2 aromatic carbocycles. The van der Waals surface area contributed by atoms with E-state index in [4.69, 9.17) is 4.74 Å². The Labute approximate surface area is 214 Å². The number of methoxy groups -OCH3 is 1. The van der Waals surface area contributed by atoms with E-state index in [1.807, 2.05) is 12.1 Å². The first-order valence-corrected chi connectivity index (χ1v) is 14.0. The molecular weight excluding hydrogens is 448 g/mol. The van der Waals surface area contributed by atoms with E-state index < -0.39 is 0 Å². The average Bonchev–Trinajstić information content (AvgIpc) is 3.43. The largest absolute Gasteiger partial charge is 0.497 e. The van der Waals surface area contributed by atoms with Crippen molar-refractivity contribution in [3.05, 3.63) is 59.2 Å². The van der Waals surface area contributed by atoms with Crippen molar-refractivity contribution in [1.82, 2.24) is 15.8 Å². The van der Waals surface area contributed by atoms with Crippen LogP contribution in [0.4, 0.5) is 5.69 Å². The second-order valence-corrected chi connectivity index (χ2v) is 11.8. The molecule has 7 rings (SSSR count). The number of hydrogen-bond donors (Lipinski definition) is 3. The van der Waals surface area contributed by atoms with Gasteiger partial charge in [-0.05, 0) is 104 Å². The number of nitrogens with one attached hydrogen (secondary N) is 3. The summed E-state index contributed by atoms with van der Waals surface area (Å²) in [6.45, 7) is 3.54. The summed E-state index contributed by atoms with van der Waals surface area (Å²) in [5, 5.41) is 3.15. The monoisotopic (exact) mass is 486 g/mol. The molecule has 3 heterocycles. The van der Waals surface area contributed by atoms with E-state index in [1.165, 1.54) is 56.3 Å². The van der Waals surface area contributed by atoms with Crippen LogP contribution in [0.1, 0.15) is 67.7 Å². The molecule has 2 aromatic rings. The fourth-order valence-electron chi connectivity index (χ4n) is 7.96. The maximum atomic E-state index is 13.1. The predicted molar refractivity (Wildman–Crippen MR) is 141 cm³/mol. The van der Waals surface area contributed by atoms with E-state index in [2.05, 4.69) is 51.4 Å². The molecule has 2 saturated carbocycles. The molecular formula is C30H38N4O2. The number of likely N-dealkylation sites (tertiary alicyclic amines) is 1. The molecule has 5 unspecified atom stereocenters. The minimum absolute atomic E-state index is 0.193. The Morgan fingerprint density at radius 3 is 2.81 bits per heavy atom. The first kappa shape index (κ1) is 22.8. The molecule has 5 aliphatic rings. The van der Waals surface area contributed by atoms with Gasteiger partial charge in [-0.15, -0.1) is 0 Å². The lowest BCUT2D eigenvalue weighted by atomic mass is 9.72. The molecule has 3 aliphatic heterocycles. The molecule has 0 aromatic heterocycles. The lowest BCUT2D eigenvalue weighted by Gasteiger charge is -2.34. The highest BCUT2D eigenvalue weighted by Gasteiger charge is 2.67. The third-order valence-corrected chi connectivity index (χ3v) is 9.91. The van der Waals surface area contributed by atoms with Crippen LogP contribution in [0.3, 0.4) is 0 Å². The number of carbonyl (C=O) groups excluding carboxylic acids is 1. The first-order valence-electron chi connectivity index (χ1n) is 14.0. The van der Waals surface area contributed by atoms with Crippen molar-refractivity contribution in [2.75, 3.05) is 25.5 Å². The quantitative estimate of drug-likeness (QED) is 0.580. The Hall–Kier alpha value is -2.41. The van der Waals surface area contributed by atoms with Crippen LogP contribution >= 0.6 is 0 Å². The zero-order valence-corrected chi connectivity index (χ0v) is 21.3. The van der Waals surface area contributed by atoms with Crippen molar-refractivity contribution >= 4 is 11.6 Å². The topological polar surface area (TPSA) is 65.6 Å². The standard InChI is InChI=1S/C30H38N4O2/c1-36-22-9-11-26-24(16-22)30(29(35)31-26)17-25(30)20-8-10-23-27(15-20)32-33-28(23)21-7-5-6-19(14-21)18-34-12-3-2-4-13-34/h5-7,9,11,14,16,20,23,25,27-28,32-33H,2-4,8,10,12-13,15,17-18H2,1H3,(H,31,35)/t20?,23?,25?,27?,28?,30-/m0/s1. The van der Waals surface area contributed by atoms with E-state index in [0.29, 0.717) is 29.8 Å². The highest BCUT2D eigenvalue weighted by molar-refractivity contribution is 6.09. The molecule has 1 amide bonds. The van der Waals surface area contributed by atoms with Gasteiger partial charge in [-0.3, -0.25) is 15.1 Å². The first-order chi connectivity index (χ1) is 17.7. The van der Waals surface area contributed by atoms with Gasteiger partial charge in [0, 0.05) is 18.3 Å². The van der Waals surface area contributed by atoms with Crippen LogP contribution in [-0.2, 0) is 16.8 Å². The molecule has 4 fully saturated rings. The van der Waals surface area contributed by atoms with Crippen LogP contribution in [0, 0.1) is 17.8 Å². The van der Waals surface area contributed by atoms with Gasteiger partial charge in [0.1, 0.15) is 5.75 Å². The van der Waals surface area contributed by atoms with Gasteiger partial charge in [0.25, 0.3) is 0 Å². The second-order valence-electron chi connectivity index (χ2n) is 11.8. The smallest absolute Gasteiger partial charge is 0.235 e. The Kier molecular flexibility index (Phi) is 5.60. The van der Waals surface area contributed by atoms with Crippen LogP contribution in [0.5, 0.6) is 5.75 Å². The summed E-state index contributed by atoms with van der Waals surface area (Å²) in [7, 11) is 1.70. The number of carbonyl (C=O) groups is 1. The minimum Gasteiger partial charge on any atom is -0.497 e. The number of benzene rings is 2. The van der Waals surface area contributed by atoms with Crippen LogP contribution in [0.15, 0.2) is 42.5 Å². The van der Waals surface area contributed by atoms with E-state index in [-0.39, 0.29) is 11.3 Å². The fraction of sp³-hybridized carbons (Fsp3) is 0.567. The normalized spacial score (nSPS) is 35.4. The Morgan fingerprint density at radius 1 is 1.06 bits per heavy atom. The van der Waals surface area contributed by atoms with Gasteiger partial charge in [0.05, 0.1) is 18.6 Å². The van der Waals surface area contributed by atoms with Gasteiger partial charge in [-0.25, -0.2) is 5.43 Å². The number of hydrazine groups is 1. The third-order valence-electron chi connectivity index (χ3n) is 9.91. The van der Waals surface area contributed by atoms with Gasteiger partial charge in [0.2, 0.25) is 5.91 Å². The zero-order chi connectivity index (χ0) is 24.3. The molecule has 2 saturated heterocycles. The predicted octanol–water partition coefficient (Wildman–Crippen LogP) is 4.52. The van der Waals surface area contributed by atoms with Crippen molar-refractivity contribution in [2.45, 2.75) is 69.0 Å². The molecule has 2 aliphatic carbocycles. The number of hydrogen-bond acceptors (Lipinski definition) is 5. The number of anilines is 1. The molecule has 3 N–H and O–H groups in total. The summed E-state index contributed by atoms with van der Waals surface area (Å²) in [4.78, 5) is 15.7. The number of piperidine rings is 1. The molecule has 36 heavy (non-hydrogen) atoms. The second kappa shape index (κ2) is 8.86. The number of fused-ring (bicyclic) bond motifs is 3. The van der Waals surface area contributed by atoms with Crippen molar-refractivity contribution in [1.29, 1.82) is 0 Å². The van der Waals surface area contributed by atoms with Crippen molar-refractivity contribution in [2.24, 2.45) is 17.8 Å². The molecule has 1 spiro atoms. The third kappa shape index (κ3) is 3.68. The van der Waals surface area contributed by atoms with Gasteiger partial charge < -0.3 is 10.1 Å². The maximum Gasteiger partial charge on any atom is 0.235 e. The Morgan fingerprint density at radius 2 is 1.94 bits per heavy atom. The lowest BCUT2D eigenvalue weighted by Crippen LogP contribution is -2.37. The summed E-state index contributed by atoms with van der Waals surface area (Å²) < 4.78 is 5.48. The molecule has 0 bridgehead atoms. The Bertz CT molecular complexity index is 1160. The Balaban J connectivity index is 1.04. The van der Waals surface area contributed by atoms with Gasteiger partial charge >= 0.3 is 0 Å². The lowest BCUT2D eigenvalue weighted by molar-refractivity contribution is -0.118. The molecule has 0 radical (unpaired) electrons. The number of rotatable bonds is 5. The van der Waals surface area contributed by atoms with Crippen LogP contribution in [0.25, 0.3) is 0 Å². The average molecular weight is 487 g/mol. The molecule has 190 valence electrons.